The summed E-state index contributed by atoms with van der Waals surface area (Å²) in [5, 5.41) is 5.73. The summed E-state index contributed by atoms with van der Waals surface area (Å²) in [5.74, 6) is -0.339. The molecule has 0 aliphatic carbocycles. The van der Waals surface area contributed by atoms with Crippen LogP contribution in [-0.4, -0.2) is 15.9 Å². The minimum Gasteiger partial charge on any atom is -0.362 e. The zero-order valence-corrected chi connectivity index (χ0v) is 16.0. The van der Waals surface area contributed by atoms with E-state index in [-0.39, 0.29) is 5.91 Å². The summed E-state index contributed by atoms with van der Waals surface area (Å²) in [6, 6.07) is 14.5. The van der Waals surface area contributed by atoms with Crippen LogP contribution in [0.2, 0.25) is 0 Å². The van der Waals surface area contributed by atoms with Crippen molar-refractivity contribution in [2.75, 3.05) is 5.32 Å². The second kappa shape index (κ2) is 7.75. The zero-order chi connectivity index (χ0) is 17.0. The van der Waals surface area contributed by atoms with Gasteiger partial charge in [0.25, 0.3) is 5.91 Å². The topological polar surface area (TPSA) is 41.1 Å². The maximum absolute atomic E-state index is 12.3. The normalized spacial score (nSPS) is 12.6. The van der Waals surface area contributed by atoms with E-state index in [1.54, 1.807) is 24.3 Å². The summed E-state index contributed by atoms with van der Waals surface area (Å²) < 4.78 is -0.834. The van der Waals surface area contributed by atoms with Gasteiger partial charge in [-0.1, -0.05) is 62.9 Å². The van der Waals surface area contributed by atoms with Gasteiger partial charge in [-0.25, -0.2) is 0 Å². The van der Waals surface area contributed by atoms with Gasteiger partial charge < -0.3 is 10.6 Å². The Balaban J connectivity index is 2.16. The number of nitrogens with one attached hydrogen (secondary N) is 2. The Morgan fingerprint density at radius 3 is 2.35 bits per heavy atom. The lowest BCUT2D eigenvalue weighted by Gasteiger charge is -2.27. The van der Waals surface area contributed by atoms with E-state index in [9.17, 15) is 4.79 Å². The number of rotatable bonds is 4. The predicted octanol–water partition coefficient (Wildman–Crippen LogP) is 5.30. The van der Waals surface area contributed by atoms with Crippen molar-refractivity contribution in [3.8, 4) is 0 Å². The largest absolute Gasteiger partial charge is 0.362 e. The Labute approximate surface area is 158 Å². The highest BCUT2D eigenvalue weighted by Gasteiger charge is 2.34. The highest BCUT2D eigenvalue weighted by atomic mass is 79.9. The number of halogens is 4. The van der Waals surface area contributed by atoms with Crippen LogP contribution >= 0.6 is 50.7 Å². The fraction of sp³-hybridized carbons (Fsp3) is 0.188. The average molecular weight is 437 g/mol. The molecule has 1 atom stereocenters. The second-order valence-electron chi connectivity index (χ2n) is 4.97. The molecule has 0 aliphatic rings. The van der Waals surface area contributed by atoms with Crippen LogP contribution in [-0.2, 0) is 0 Å². The summed E-state index contributed by atoms with van der Waals surface area (Å²) in [6.45, 7) is 1.95. The molecule has 0 spiro atoms. The second-order valence-corrected chi connectivity index (χ2v) is 8.25. The van der Waals surface area contributed by atoms with E-state index in [1.165, 1.54) is 0 Å². The average Bonchev–Trinajstić information content (AvgIpc) is 2.46. The van der Waals surface area contributed by atoms with E-state index in [0.29, 0.717) is 5.56 Å². The monoisotopic (exact) mass is 434 g/mol. The SMILES string of the molecule is Cc1cccc(N[C@H](NC(=O)c2ccc(Br)cc2)C(Cl)(Cl)Cl)c1. The van der Waals surface area contributed by atoms with Gasteiger partial charge in [0.05, 0.1) is 0 Å². The van der Waals surface area contributed by atoms with Crippen molar-refractivity contribution in [1.29, 1.82) is 0 Å². The molecule has 3 nitrogen and oxygen atoms in total. The summed E-state index contributed by atoms with van der Waals surface area (Å²) in [6.07, 6.45) is -0.884. The molecule has 2 aromatic rings. The molecule has 0 heterocycles. The van der Waals surface area contributed by atoms with Crippen LogP contribution in [0.1, 0.15) is 15.9 Å². The molecule has 2 rings (SSSR count). The highest BCUT2D eigenvalue weighted by Crippen LogP contribution is 2.31. The Morgan fingerprint density at radius 2 is 1.78 bits per heavy atom. The highest BCUT2D eigenvalue weighted by molar-refractivity contribution is 9.10. The third kappa shape index (κ3) is 5.57. The van der Waals surface area contributed by atoms with Gasteiger partial charge in [-0.2, -0.15) is 0 Å². The van der Waals surface area contributed by atoms with Crippen LogP contribution in [0, 0.1) is 6.92 Å². The molecule has 0 bridgehead atoms. The van der Waals surface area contributed by atoms with E-state index >= 15 is 0 Å². The van der Waals surface area contributed by atoms with Gasteiger partial charge in [0.2, 0.25) is 3.79 Å². The number of hydrogen-bond acceptors (Lipinski definition) is 2. The maximum Gasteiger partial charge on any atom is 0.252 e. The third-order valence-corrected chi connectivity index (χ3v) is 4.22. The van der Waals surface area contributed by atoms with Crippen LogP contribution in [0.15, 0.2) is 53.0 Å². The van der Waals surface area contributed by atoms with Crippen molar-refractivity contribution >= 4 is 62.3 Å². The molecule has 0 aliphatic heterocycles. The van der Waals surface area contributed by atoms with Gasteiger partial charge in [-0.15, -0.1) is 0 Å². The Hall–Kier alpha value is -0.940. The number of anilines is 1. The lowest BCUT2D eigenvalue weighted by atomic mass is 10.2. The van der Waals surface area contributed by atoms with Gasteiger partial charge in [0, 0.05) is 15.7 Å². The smallest absolute Gasteiger partial charge is 0.252 e. The number of hydrogen-bond donors (Lipinski definition) is 2. The van der Waals surface area contributed by atoms with Gasteiger partial charge in [-0.05, 0) is 48.9 Å². The molecular formula is C16H14BrCl3N2O. The van der Waals surface area contributed by atoms with E-state index in [4.69, 9.17) is 34.8 Å². The van der Waals surface area contributed by atoms with Crippen molar-refractivity contribution in [1.82, 2.24) is 5.32 Å². The van der Waals surface area contributed by atoms with Gasteiger partial charge in [0.15, 0.2) is 0 Å². The first-order valence-corrected chi connectivity index (χ1v) is 8.65. The van der Waals surface area contributed by atoms with Crippen molar-refractivity contribution in [3.05, 3.63) is 64.1 Å². The number of carbonyl (C=O) groups excluding carboxylic acids is 1. The summed E-state index contributed by atoms with van der Waals surface area (Å²) in [7, 11) is 0. The molecule has 1 amide bonds. The lowest BCUT2D eigenvalue weighted by molar-refractivity contribution is 0.0942. The zero-order valence-electron chi connectivity index (χ0n) is 12.1. The fourth-order valence-electron chi connectivity index (χ4n) is 1.92. The number of amides is 1. The fourth-order valence-corrected chi connectivity index (χ4v) is 2.51. The Morgan fingerprint density at radius 1 is 1.13 bits per heavy atom. The molecule has 0 saturated heterocycles. The van der Waals surface area contributed by atoms with Crippen LogP contribution in [0.4, 0.5) is 5.69 Å². The molecule has 0 saturated carbocycles. The molecule has 2 N–H and O–H groups in total. The van der Waals surface area contributed by atoms with Gasteiger partial charge >= 0.3 is 0 Å². The van der Waals surface area contributed by atoms with E-state index in [0.717, 1.165) is 15.7 Å². The first kappa shape index (κ1) is 18.4. The molecule has 0 unspecified atom stereocenters. The molecular weight excluding hydrogens is 422 g/mol. The quantitative estimate of drug-likeness (QED) is 0.505. The molecule has 23 heavy (non-hydrogen) atoms. The van der Waals surface area contributed by atoms with Crippen molar-refractivity contribution in [2.24, 2.45) is 0 Å². The number of benzene rings is 2. The molecule has 0 radical (unpaired) electrons. The maximum atomic E-state index is 12.3. The molecule has 0 fully saturated rings. The van der Waals surface area contributed by atoms with Crippen LogP contribution in [0.25, 0.3) is 0 Å². The third-order valence-electron chi connectivity index (χ3n) is 3.04. The lowest BCUT2D eigenvalue weighted by Crippen LogP contribution is -2.49. The first-order valence-electron chi connectivity index (χ1n) is 6.72. The van der Waals surface area contributed by atoms with Gasteiger partial charge in [0.1, 0.15) is 6.17 Å². The molecule has 2 aromatic carbocycles. The van der Waals surface area contributed by atoms with E-state index in [1.807, 2.05) is 31.2 Å². The van der Waals surface area contributed by atoms with E-state index < -0.39 is 9.96 Å². The molecule has 122 valence electrons. The van der Waals surface area contributed by atoms with Crippen molar-refractivity contribution in [3.63, 3.8) is 0 Å². The van der Waals surface area contributed by atoms with E-state index in [2.05, 4.69) is 26.6 Å². The number of carbonyl (C=O) groups is 1. The van der Waals surface area contributed by atoms with Crippen molar-refractivity contribution in [2.45, 2.75) is 16.9 Å². The standard InChI is InChI=1S/C16H14BrCl3N2O/c1-10-3-2-4-13(9-10)21-15(16(18,19)20)22-14(23)11-5-7-12(17)8-6-11/h2-9,15,21H,1H3,(H,22,23)/t15-/m1/s1. The minimum atomic E-state index is -1.71. The number of alkyl halides is 3. The number of aryl methyl sites for hydroxylation is 1. The summed E-state index contributed by atoms with van der Waals surface area (Å²) in [4.78, 5) is 12.3. The Bertz CT molecular complexity index is 686. The van der Waals surface area contributed by atoms with Crippen molar-refractivity contribution < 1.29 is 4.79 Å². The summed E-state index contributed by atoms with van der Waals surface area (Å²) in [5.41, 5.74) is 2.27. The van der Waals surface area contributed by atoms with Crippen LogP contribution in [0.5, 0.6) is 0 Å². The summed E-state index contributed by atoms with van der Waals surface area (Å²) >= 11 is 21.3. The minimum absolute atomic E-state index is 0.339. The molecule has 0 aromatic heterocycles. The van der Waals surface area contributed by atoms with Crippen LogP contribution in [0.3, 0.4) is 0 Å². The van der Waals surface area contributed by atoms with Gasteiger partial charge in [-0.3, -0.25) is 4.79 Å². The first-order chi connectivity index (χ1) is 10.8. The predicted molar refractivity (Wildman–Crippen MR) is 100 cm³/mol. The molecule has 7 heteroatoms. The Kier molecular flexibility index (Phi) is 6.20. The van der Waals surface area contributed by atoms with Crippen LogP contribution < -0.4 is 10.6 Å².